The quantitative estimate of drug-likeness (QED) is 0.643. The monoisotopic (exact) mass is 400 g/mol. The minimum atomic E-state index is -1.20. The van der Waals surface area contributed by atoms with Gasteiger partial charge in [0.15, 0.2) is 5.54 Å². The molecule has 1 aromatic heterocycles. The average molecular weight is 400 g/mol. The van der Waals surface area contributed by atoms with Crippen LogP contribution in [0.2, 0.25) is 0 Å². The van der Waals surface area contributed by atoms with Gasteiger partial charge in [0, 0.05) is 17.4 Å². The fourth-order valence-corrected chi connectivity index (χ4v) is 3.34. The molecule has 1 saturated heterocycles. The van der Waals surface area contributed by atoms with E-state index in [2.05, 4.69) is 15.6 Å². The maximum absolute atomic E-state index is 13.0. The van der Waals surface area contributed by atoms with E-state index in [0.29, 0.717) is 16.9 Å². The third-order valence-electron chi connectivity index (χ3n) is 5.04. The summed E-state index contributed by atoms with van der Waals surface area (Å²) in [6.45, 7) is 1.75. The van der Waals surface area contributed by atoms with E-state index < -0.39 is 11.6 Å². The molecular weight excluding hydrogens is 380 g/mol. The van der Waals surface area contributed by atoms with Crippen molar-refractivity contribution in [1.82, 2.24) is 15.2 Å². The Morgan fingerprint density at radius 1 is 1.00 bits per heavy atom. The zero-order valence-electron chi connectivity index (χ0n) is 16.3. The summed E-state index contributed by atoms with van der Waals surface area (Å²) in [7, 11) is 0. The number of hydrogen-bond donors (Lipinski definition) is 2. The van der Waals surface area contributed by atoms with Crippen molar-refractivity contribution in [2.45, 2.75) is 19.0 Å². The van der Waals surface area contributed by atoms with Crippen molar-refractivity contribution < 1.29 is 14.4 Å². The highest BCUT2D eigenvalue weighted by Crippen LogP contribution is 2.28. The van der Waals surface area contributed by atoms with Crippen molar-refractivity contribution in [3.63, 3.8) is 0 Å². The first-order valence-corrected chi connectivity index (χ1v) is 9.48. The summed E-state index contributed by atoms with van der Waals surface area (Å²) in [5.41, 5.74) is 1.21. The van der Waals surface area contributed by atoms with Crippen LogP contribution >= 0.6 is 0 Å². The fourth-order valence-electron chi connectivity index (χ4n) is 3.34. The number of urea groups is 1. The largest absolute Gasteiger partial charge is 0.325 e. The summed E-state index contributed by atoms with van der Waals surface area (Å²) in [6.07, 6.45) is 1.59. The molecule has 0 spiro atoms. The van der Waals surface area contributed by atoms with Crippen molar-refractivity contribution in [2.75, 3.05) is 5.32 Å². The predicted molar refractivity (Wildman–Crippen MR) is 112 cm³/mol. The van der Waals surface area contributed by atoms with E-state index in [1.54, 1.807) is 55.6 Å². The number of imide groups is 1. The Kier molecular flexibility index (Phi) is 5.02. The molecule has 7 nitrogen and oxygen atoms in total. The normalized spacial score (nSPS) is 18.2. The summed E-state index contributed by atoms with van der Waals surface area (Å²) < 4.78 is 0. The molecule has 0 saturated carbocycles. The molecule has 7 heteroatoms. The molecule has 150 valence electrons. The number of hydrogen-bond acceptors (Lipinski definition) is 4. The number of benzene rings is 2. The number of amides is 4. The molecule has 30 heavy (non-hydrogen) atoms. The molecule has 0 radical (unpaired) electrons. The molecule has 4 amide bonds. The first-order valence-electron chi connectivity index (χ1n) is 9.48. The Morgan fingerprint density at radius 2 is 1.70 bits per heavy atom. The number of para-hydroxylation sites is 1. The van der Waals surface area contributed by atoms with Crippen LogP contribution in [0, 0.1) is 0 Å². The van der Waals surface area contributed by atoms with E-state index in [9.17, 15) is 14.4 Å². The second-order valence-electron chi connectivity index (χ2n) is 7.18. The van der Waals surface area contributed by atoms with Gasteiger partial charge in [-0.2, -0.15) is 0 Å². The number of carbonyl (C=O) groups excluding carboxylic acids is 3. The highest BCUT2D eigenvalue weighted by molar-refractivity contribution is 6.07. The lowest BCUT2D eigenvalue weighted by atomic mass is 9.97. The number of aromatic nitrogens is 1. The molecule has 4 rings (SSSR count). The third kappa shape index (κ3) is 3.65. The average Bonchev–Trinajstić information content (AvgIpc) is 2.99. The van der Waals surface area contributed by atoms with Gasteiger partial charge in [0.25, 0.3) is 11.8 Å². The zero-order chi connectivity index (χ0) is 21.1. The molecule has 1 atom stereocenters. The lowest BCUT2D eigenvalue weighted by molar-refractivity contribution is -0.131. The smallest absolute Gasteiger partial charge is 0.322 e. The summed E-state index contributed by atoms with van der Waals surface area (Å²) in [6, 6.07) is 20.7. The van der Waals surface area contributed by atoms with Crippen LogP contribution in [0.4, 0.5) is 10.5 Å². The molecular formula is C23H20N4O3. The highest BCUT2D eigenvalue weighted by Gasteiger charge is 2.49. The standard InChI is InChI=1S/C23H20N4O3/c1-23(19-9-5-6-14-24-19)21(29)27(22(30)26-23)15-16-10-12-17(13-11-16)20(28)25-18-7-3-2-4-8-18/h2-14H,15H2,1H3,(H,25,28)(H,26,30)/t23-/m0/s1. The van der Waals surface area contributed by atoms with E-state index in [4.69, 9.17) is 0 Å². The maximum Gasteiger partial charge on any atom is 0.325 e. The van der Waals surface area contributed by atoms with Gasteiger partial charge in [0.05, 0.1) is 12.2 Å². The van der Waals surface area contributed by atoms with Crippen LogP contribution in [-0.4, -0.2) is 27.7 Å². The minimum Gasteiger partial charge on any atom is -0.322 e. The van der Waals surface area contributed by atoms with Crippen molar-refractivity contribution in [2.24, 2.45) is 0 Å². The number of carbonyl (C=O) groups is 3. The first kappa shape index (κ1) is 19.3. The Labute approximate surface area is 173 Å². The number of rotatable bonds is 5. The highest BCUT2D eigenvalue weighted by atomic mass is 16.2. The number of nitrogens with one attached hydrogen (secondary N) is 2. The summed E-state index contributed by atoms with van der Waals surface area (Å²) >= 11 is 0. The maximum atomic E-state index is 13.0. The lowest BCUT2D eigenvalue weighted by Crippen LogP contribution is -2.41. The lowest BCUT2D eigenvalue weighted by Gasteiger charge is -2.21. The molecule has 2 N–H and O–H groups in total. The topological polar surface area (TPSA) is 91.4 Å². The van der Waals surface area contributed by atoms with Crippen LogP contribution in [-0.2, 0) is 16.9 Å². The molecule has 2 aromatic carbocycles. The van der Waals surface area contributed by atoms with Gasteiger partial charge in [-0.1, -0.05) is 36.4 Å². The Hall–Kier alpha value is -4.00. The van der Waals surface area contributed by atoms with Gasteiger partial charge in [-0.3, -0.25) is 19.5 Å². The molecule has 2 heterocycles. The second-order valence-corrected chi connectivity index (χ2v) is 7.18. The van der Waals surface area contributed by atoms with Gasteiger partial charge in [-0.15, -0.1) is 0 Å². The van der Waals surface area contributed by atoms with Gasteiger partial charge in [-0.05, 0) is 48.9 Å². The van der Waals surface area contributed by atoms with Crippen molar-refractivity contribution in [3.8, 4) is 0 Å². The van der Waals surface area contributed by atoms with Gasteiger partial charge in [-0.25, -0.2) is 4.79 Å². The first-order chi connectivity index (χ1) is 14.5. The van der Waals surface area contributed by atoms with Gasteiger partial charge in [0.2, 0.25) is 0 Å². The molecule has 0 unspecified atom stereocenters. The molecule has 1 fully saturated rings. The third-order valence-corrected chi connectivity index (χ3v) is 5.04. The number of anilines is 1. The van der Waals surface area contributed by atoms with Crippen LogP contribution in [0.15, 0.2) is 79.0 Å². The second kappa shape index (κ2) is 7.79. The Morgan fingerprint density at radius 3 is 2.37 bits per heavy atom. The molecule has 1 aliphatic rings. The summed E-state index contributed by atoms with van der Waals surface area (Å²) in [5.74, 6) is -0.595. The van der Waals surface area contributed by atoms with Crippen molar-refractivity contribution in [3.05, 3.63) is 95.8 Å². The van der Waals surface area contributed by atoms with E-state index in [1.807, 2.05) is 30.3 Å². The van der Waals surface area contributed by atoms with Crippen LogP contribution < -0.4 is 10.6 Å². The minimum absolute atomic E-state index is 0.105. The van der Waals surface area contributed by atoms with Crippen molar-refractivity contribution >= 4 is 23.5 Å². The van der Waals surface area contributed by atoms with Gasteiger partial charge >= 0.3 is 6.03 Å². The molecule has 0 aliphatic carbocycles. The zero-order valence-corrected chi connectivity index (χ0v) is 16.3. The molecule has 1 aliphatic heterocycles. The SMILES string of the molecule is C[C@@]1(c2ccccn2)NC(=O)N(Cc2ccc(C(=O)Nc3ccccc3)cc2)C1=O. The summed E-state index contributed by atoms with van der Waals surface area (Å²) in [4.78, 5) is 43.2. The summed E-state index contributed by atoms with van der Waals surface area (Å²) in [5, 5.41) is 5.55. The predicted octanol–water partition coefficient (Wildman–Crippen LogP) is 3.30. The van der Waals surface area contributed by atoms with E-state index >= 15 is 0 Å². The van der Waals surface area contributed by atoms with Gasteiger partial charge in [0.1, 0.15) is 0 Å². The van der Waals surface area contributed by atoms with Crippen LogP contribution in [0.1, 0.15) is 28.5 Å². The molecule has 0 bridgehead atoms. The Balaban J connectivity index is 1.46. The van der Waals surface area contributed by atoms with Crippen molar-refractivity contribution in [1.29, 1.82) is 0 Å². The fraction of sp³-hybridized carbons (Fsp3) is 0.130. The van der Waals surface area contributed by atoms with E-state index in [-0.39, 0.29) is 18.4 Å². The van der Waals surface area contributed by atoms with Crippen LogP contribution in [0.5, 0.6) is 0 Å². The van der Waals surface area contributed by atoms with E-state index in [1.165, 1.54) is 0 Å². The van der Waals surface area contributed by atoms with E-state index in [0.717, 1.165) is 10.5 Å². The number of pyridine rings is 1. The van der Waals surface area contributed by atoms with Crippen LogP contribution in [0.3, 0.4) is 0 Å². The molecule has 3 aromatic rings. The van der Waals surface area contributed by atoms with Gasteiger partial charge < -0.3 is 10.6 Å². The Bertz CT molecular complexity index is 1080. The van der Waals surface area contributed by atoms with Crippen LogP contribution in [0.25, 0.3) is 0 Å². The number of nitrogens with zero attached hydrogens (tertiary/aromatic N) is 2.